The van der Waals surface area contributed by atoms with E-state index in [4.69, 9.17) is 4.74 Å². The highest BCUT2D eigenvalue weighted by molar-refractivity contribution is 5.76. The Morgan fingerprint density at radius 1 is 0.311 bits per heavy atom. The van der Waals surface area contributed by atoms with Gasteiger partial charge >= 0.3 is 5.97 Å². The number of rotatable bonds is 77. The Bertz CT molecular complexity index is 1500. The van der Waals surface area contributed by atoms with E-state index >= 15 is 0 Å². The molecule has 0 heterocycles. The van der Waals surface area contributed by atoms with Crippen molar-refractivity contribution in [2.45, 2.75) is 463 Å². The second-order valence-corrected chi connectivity index (χ2v) is 28.1. The van der Waals surface area contributed by atoms with Crippen molar-refractivity contribution in [2.24, 2.45) is 0 Å². The third-order valence-corrected chi connectivity index (χ3v) is 19.1. The molecule has 2 atom stereocenters. The maximum atomic E-state index is 12.6. The average Bonchev–Trinajstić information content (AvgIpc) is 3.61. The lowest BCUT2D eigenvalue weighted by atomic mass is 10.0. The van der Waals surface area contributed by atoms with Crippen LogP contribution in [-0.2, 0) is 14.3 Å². The van der Waals surface area contributed by atoms with Gasteiger partial charge in [0, 0.05) is 12.8 Å². The summed E-state index contributed by atoms with van der Waals surface area (Å²) in [5.41, 5.74) is 0. The highest BCUT2D eigenvalue weighted by Gasteiger charge is 2.20. The van der Waals surface area contributed by atoms with Gasteiger partial charge in [-0.3, -0.25) is 9.59 Å². The van der Waals surface area contributed by atoms with E-state index in [0.717, 1.165) is 57.8 Å². The molecular weight excluding hydrogens is 1100 g/mol. The van der Waals surface area contributed by atoms with Gasteiger partial charge in [0.05, 0.1) is 25.4 Å². The van der Waals surface area contributed by atoms with Crippen LogP contribution in [-0.4, -0.2) is 47.4 Å². The molecule has 0 aliphatic carbocycles. The Morgan fingerprint density at radius 2 is 0.556 bits per heavy atom. The van der Waals surface area contributed by atoms with E-state index < -0.39 is 12.1 Å². The molecule has 0 aromatic carbocycles. The van der Waals surface area contributed by atoms with Crippen LogP contribution in [0.15, 0.2) is 48.6 Å². The summed E-state index contributed by atoms with van der Waals surface area (Å²) in [6.45, 7) is 4.96. The van der Waals surface area contributed by atoms with Crippen molar-refractivity contribution in [2.75, 3.05) is 13.2 Å². The number of aliphatic hydroxyl groups excluding tert-OH is 2. The number of ether oxygens (including phenoxy) is 1. The van der Waals surface area contributed by atoms with Crippen LogP contribution in [0.1, 0.15) is 450 Å². The first-order chi connectivity index (χ1) is 44.5. The minimum absolute atomic E-state index is 0.000680. The fourth-order valence-corrected chi connectivity index (χ4v) is 12.9. The van der Waals surface area contributed by atoms with E-state index in [1.54, 1.807) is 0 Å². The normalized spacial score (nSPS) is 12.7. The molecule has 0 fully saturated rings. The van der Waals surface area contributed by atoms with Crippen LogP contribution < -0.4 is 5.32 Å². The molecule has 0 aliphatic heterocycles. The second-order valence-electron chi connectivity index (χ2n) is 28.1. The SMILES string of the molecule is CCCCC/C=C\C/C=C\CCCCCCCC(=O)OCCCCCCCCCCC/C=C\C/C=C\CCCCCCCCCCCCCCCCCCCC(=O)NC(CO)C(O)CCCCCCCCCCCCCCCCCCCCCCCCCCC. The van der Waals surface area contributed by atoms with Gasteiger partial charge in [0.15, 0.2) is 0 Å². The van der Waals surface area contributed by atoms with Gasteiger partial charge in [0.1, 0.15) is 0 Å². The smallest absolute Gasteiger partial charge is 0.305 e. The molecule has 0 aromatic rings. The molecule has 0 bridgehead atoms. The fourth-order valence-electron chi connectivity index (χ4n) is 12.9. The number of esters is 1. The molecule has 2 unspecified atom stereocenters. The quantitative estimate of drug-likeness (QED) is 0.0320. The number of carbonyl (C=O) groups is 2. The molecular formula is C84H159NO5. The Balaban J connectivity index is 3.39. The van der Waals surface area contributed by atoms with Crippen LogP contribution in [0.2, 0.25) is 0 Å². The molecule has 3 N–H and O–H groups in total. The topological polar surface area (TPSA) is 95.9 Å². The monoisotopic (exact) mass is 1260 g/mol. The van der Waals surface area contributed by atoms with Gasteiger partial charge in [-0.15, -0.1) is 0 Å². The van der Waals surface area contributed by atoms with Crippen molar-refractivity contribution in [3.05, 3.63) is 48.6 Å². The summed E-state index contributed by atoms with van der Waals surface area (Å²) in [7, 11) is 0. The maximum absolute atomic E-state index is 12.6. The third-order valence-electron chi connectivity index (χ3n) is 19.1. The van der Waals surface area contributed by atoms with Crippen molar-refractivity contribution in [1.82, 2.24) is 5.32 Å². The number of carbonyl (C=O) groups excluding carboxylic acids is 2. The third kappa shape index (κ3) is 74.9. The predicted octanol–water partition coefficient (Wildman–Crippen LogP) is 27.2. The second kappa shape index (κ2) is 79.3. The molecule has 0 rings (SSSR count). The summed E-state index contributed by atoms with van der Waals surface area (Å²) in [4.78, 5) is 24.7. The minimum Gasteiger partial charge on any atom is -0.466 e. The van der Waals surface area contributed by atoms with Crippen LogP contribution in [0.25, 0.3) is 0 Å². The zero-order valence-electron chi connectivity index (χ0n) is 60.9. The molecule has 0 aromatic heterocycles. The number of aliphatic hydroxyl groups is 2. The van der Waals surface area contributed by atoms with Crippen LogP contribution in [0.3, 0.4) is 0 Å². The van der Waals surface area contributed by atoms with Crippen molar-refractivity contribution >= 4 is 11.9 Å². The average molecular weight is 1260 g/mol. The zero-order chi connectivity index (χ0) is 64.9. The van der Waals surface area contributed by atoms with E-state index in [-0.39, 0.29) is 18.5 Å². The molecule has 6 nitrogen and oxygen atoms in total. The van der Waals surface area contributed by atoms with Crippen molar-refractivity contribution in [3.8, 4) is 0 Å². The first-order valence-electron chi connectivity index (χ1n) is 40.9. The van der Waals surface area contributed by atoms with Crippen LogP contribution in [0.5, 0.6) is 0 Å². The molecule has 90 heavy (non-hydrogen) atoms. The van der Waals surface area contributed by atoms with E-state index in [9.17, 15) is 19.8 Å². The Hall–Kier alpha value is -2.18. The van der Waals surface area contributed by atoms with E-state index in [2.05, 4.69) is 67.8 Å². The lowest BCUT2D eigenvalue weighted by Gasteiger charge is -2.22. The maximum Gasteiger partial charge on any atom is 0.305 e. The number of nitrogens with one attached hydrogen (secondary N) is 1. The lowest BCUT2D eigenvalue weighted by molar-refractivity contribution is -0.143. The Kier molecular flexibility index (Phi) is 77.3. The van der Waals surface area contributed by atoms with Gasteiger partial charge in [0.2, 0.25) is 5.91 Å². The van der Waals surface area contributed by atoms with Crippen molar-refractivity contribution in [1.29, 1.82) is 0 Å². The fraction of sp³-hybridized carbons (Fsp3) is 0.881. The molecule has 530 valence electrons. The number of hydrogen-bond acceptors (Lipinski definition) is 5. The summed E-state index contributed by atoms with van der Waals surface area (Å²) < 4.78 is 5.49. The summed E-state index contributed by atoms with van der Waals surface area (Å²) in [5.74, 6) is -0.0271. The number of unbranched alkanes of at least 4 members (excludes halogenated alkanes) is 58. The molecule has 1 amide bonds. The van der Waals surface area contributed by atoms with E-state index in [1.807, 2.05) is 0 Å². The van der Waals surface area contributed by atoms with Gasteiger partial charge in [-0.25, -0.2) is 0 Å². The van der Waals surface area contributed by atoms with Crippen molar-refractivity contribution in [3.63, 3.8) is 0 Å². The molecule has 0 spiro atoms. The van der Waals surface area contributed by atoms with Gasteiger partial charge in [-0.1, -0.05) is 396 Å². The molecule has 6 heteroatoms. The highest BCUT2D eigenvalue weighted by atomic mass is 16.5. The summed E-state index contributed by atoms with van der Waals surface area (Å²) >= 11 is 0. The number of hydrogen-bond donors (Lipinski definition) is 3. The van der Waals surface area contributed by atoms with Gasteiger partial charge in [-0.2, -0.15) is 0 Å². The van der Waals surface area contributed by atoms with Gasteiger partial charge in [-0.05, 0) is 89.9 Å². The first kappa shape index (κ1) is 87.8. The zero-order valence-corrected chi connectivity index (χ0v) is 60.9. The summed E-state index contributed by atoms with van der Waals surface area (Å²) in [5, 5.41) is 23.5. The molecule has 0 saturated heterocycles. The first-order valence-corrected chi connectivity index (χ1v) is 40.9. The van der Waals surface area contributed by atoms with E-state index in [1.165, 1.54) is 360 Å². The van der Waals surface area contributed by atoms with Gasteiger partial charge < -0.3 is 20.3 Å². The Morgan fingerprint density at radius 3 is 0.867 bits per heavy atom. The summed E-state index contributed by atoms with van der Waals surface area (Å²) in [6, 6.07) is -0.542. The van der Waals surface area contributed by atoms with Gasteiger partial charge in [0.25, 0.3) is 0 Å². The molecule has 0 radical (unpaired) electrons. The molecule has 0 aliphatic rings. The summed E-state index contributed by atoms with van der Waals surface area (Å²) in [6.07, 6.45) is 105. The van der Waals surface area contributed by atoms with Crippen LogP contribution in [0, 0.1) is 0 Å². The molecule has 0 saturated carbocycles. The number of allylic oxidation sites excluding steroid dienone is 8. The number of amides is 1. The Labute approximate surface area is 563 Å². The van der Waals surface area contributed by atoms with E-state index in [0.29, 0.717) is 25.9 Å². The van der Waals surface area contributed by atoms with Crippen LogP contribution >= 0.6 is 0 Å². The highest BCUT2D eigenvalue weighted by Crippen LogP contribution is 2.20. The largest absolute Gasteiger partial charge is 0.466 e. The predicted molar refractivity (Wildman–Crippen MR) is 398 cm³/mol. The standard InChI is InChI=1S/C84H159NO5/c1-3-5-7-9-11-13-15-17-19-20-21-22-23-33-36-39-42-45-49-52-56-60-64-68-72-76-82(87)81(80-86)85-83(88)77-73-69-65-61-57-53-50-46-43-40-37-34-31-29-27-25-24-26-28-30-32-35-38-41-44-47-51-55-59-63-67-71-75-79-90-84(89)78-74-70-66-62-58-54-48-18-16-14-12-10-8-6-4-2/h12,14,18,28,30,35,38,48,81-82,86-87H,3-11,13,15-17,19-27,29,31-34,36-37,39-47,49-80H2,1-2H3,(H,85,88)/b14-12-,30-28-,38-35-,48-18-. The lowest BCUT2D eigenvalue weighted by Crippen LogP contribution is -2.45. The van der Waals surface area contributed by atoms with Crippen LogP contribution in [0.4, 0.5) is 0 Å². The minimum atomic E-state index is -0.665. The van der Waals surface area contributed by atoms with Crippen molar-refractivity contribution < 1.29 is 24.5 Å².